The van der Waals surface area contributed by atoms with Gasteiger partial charge in [0.15, 0.2) is 0 Å². The van der Waals surface area contributed by atoms with E-state index in [1.807, 2.05) is 40.7 Å². The van der Waals surface area contributed by atoms with E-state index in [4.69, 9.17) is 34.8 Å². The van der Waals surface area contributed by atoms with Crippen molar-refractivity contribution in [2.24, 2.45) is 0 Å². The molecule has 0 fully saturated rings. The smallest absolute Gasteiger partial charge is 0.270 e. The van der Waals surface area contributed by atoms with E-state index in [1.165, 1.54) is 25.5 Å². The first-order chi connectivity index (χ1) is 21.3. The fourth-order valence-corrected chi connectivity index (χ4v) is 5.48. The normalized spacial score (nSPS) is 12.2. The Labute approximate surface area is 288 Å². The lowest BCUT2D eigenvalue weighted by Crippen LogP contribution is -2.25. The Kier molecular flexibility index (Phi) is 15.7. The molecule has 0 aliphatic rings. The van der Waals surface area contributed by atoms with Crippen LogP contribution in [0.2, 0.25) is 5.02 Å². The van der Waals surface area contributed by atoms with Crippen molar-refractivity contribution in [2.45, 2.75) is 104 Å². The topological polar surface area (TPSA) is 41.1 Å². The van der Waals surface area contributed by atoms with Crippen molar-refractivity contribution in [3.8, 4) is 0 Å². The molecule has 2 N–H and O–H groups in total. The highest BCUT2D eigenvalue weighted by molar-refractivity contribution is 6.48. The number of rotatable bonds is 11. The number of aryl methyl sites for hydroxylation is 2. The standard InChI is InChI=1S/C33H36Cl3F3N2O.2C2H6/c1-8-9-21-12-19(2)13-22(14-21)29(32(6,35)36)20(3)40-26-10-11-27(34)28(18-26)41-30(42)23-15-24(31(4,5)37)17-25(16-23)33(7,38)39;2*1-2/h10-18,29,40H,3,8-9H2,1-2,4-7H3,(H,41,42);2*1-2H3. The Balaban J connectivity index is 0.00000254. The maximum atomic E-state index is 14.7. The van der Waals surface area contributed by atoms with Crippen LogP contribution in [0.1, 0.15) is 113 Å². The van der Waals surface area contributed by atoms with Crippen molar-refractivity contribution in [3.63, 3.8) is 0 Å². The number of carbonyl (C=O) groups is 1. The van der Waals surface area contributed by atoms with Gasteiger partial charge in [0.1, 0.15) is 10.0 Å². The number of alkyl halides is 5. The van der Waals surface area contributed by atoms with Gasteiger partial charge in [-0.2, -0.15) is 0 Å². The Morgan fingerprint density at radius 3 is 1.98 bits per heavy atom. The molecule has 0 saturated heterocycles. The second-order valence-corrected chi connectivity index (χ2v) is 13.5. The van der Waals surface area contributed by atoms with Crippen LogP contribution in [0.25, 0.3) is 0 Å². The minimum Gasteiger partial charge on any atom is -0.359 e. The quantitative estimate of drug-likeness (QED) is 0.196. The van der Waals surface area contributed by atoms with Gasteiger partial charge in [-0.25, -0.2) is 13.2 Å². The summed E-state index contributed by atoms with van der Waals surface area (Å²) in [6, 6.07) is 14.4. The van der Waals surface area contributed by atoms with Crippen molar-refractivity contribution in [1.82, 2.24) is 0 Å². The van der Waals surface area contributed by atoms with E-state index in [-0.39, 0.29) is 21.8 Å². The fourth-order valence-electron chi connectivity index (χ4n) is 4.80. The number of nitrogens with one attached hydrogen (secondary N) is 2. The molecule has 1 unspecified atom stereocenters. The largest absolute Gasteiger partial charge is 0.359 e. The molecule has 0 aromatic heterocycles. The van der Waals surface area contributed by atoms with Gasteiger partial charge in [0.25, 0.3) is 11.8 Å². The number of halogens is 6. The lowest BCUT2D eigenvalue weighted by atomic mass is 9.89. The predicted molar refractivity (Wildman–Crippen MR) is 193 cm³/mol. The van der Waals surface area contributed by atoms with Crippen molar-refractivity contribution in [1.29, 1.82) is 0 Å². The van der Waals surface area contributed by atoms with Gasteiger partial charge in [-0.3, -0.25) is 4.79 Å². The molecule has 46 heavy (non-hydrogen) atoms. The van der Waals surface area contributed by atoms with Crippen LogP contribution >= 0.6 is 34.8 Å². The van der Waals surface area contributed by atoms with Crippen LogP contribution < -0.4 is 10.6 Å². The zero-order chi connectivity index (χ0) is 35.6. The van der Waals surface area contributed by atoms with E-state index in [1.54, 1.807) is 25.1 Å². The van der Waals surface area contributed by atoms with E-state index in [9.17, 15) is 18.0 Å². The first-order valence-electron chi connectivity index (χ1n) is 15.6. The maximum absolute atomic E-state index is 14.7. The van der Waals surface area contributed by atoms with Crippen LogP contribution in [0, 0.1) is 6.92 Å². The predicted octanol–water partition coefficient (Wildman–Crippen LogP) is 13.1. The van der Waals surface area contributed by atoms with Crippen molar-refractivity contribution >= 4 is 52.1 Å². The number of hydrogen-bond donors (Lipinski definition) is 2. The number of amides is 1. The third-order valence-corrected chi connectivity index (χ3v) is 7.56. The van der Waals surface area contributed by atoms with Gasteiger partial charge < -0.3 is 10.6 Å². The van der Waals surface area contributed by atoms with Crippen LogP contribution in [0.3, 0.4) is 0 Å². The Morgan fingerprint density at radius 1 is 0.870 bits per heavy atom. The van der Waals surface area contributed by atoms with Crippen molar-refractivity contribution in [2.75, 3.05) is 10.6 Å². The Morgan fingerprint density at radius 2 is 1.46 bits per heavy atom. The molecule has 3 aromatic carbocycles. The SMILES string of the molecule is C=C(Nc1ccc(Cl)c(NC(=O)c2cc(C(C)(C)F)cc(C(C)(F)F)c2)c1)C(c1cc(C)cc(CCC)c1)C(C)(Cl)Cl.CC.CC. The Bertz CT molecular complexity index is 1440. The van der Waals surface area contributed by atoms with E-state index in [2.05, 4.69) is 36.3 Å². The molecule has 0 radical (unpaired) electrons. The summed E-state index contributed by atoms with van der Waals surface area (Å²) < 4.78 is 41.9. The molecule has 0 aliphatic carbocycles. The molecular formula is C37H48Cl3F3N2O. The van der Waals surface area contributed by atoms with Gasteiger partial charge in [0.05, 0.1) is 16.6 Å². The summed E-state index contributed by atoms with van der Waals surface area (Å²) in [5.41, 5.74) is 1.83. The first kappa shape index (κ1) is 41.4. The number of allylic oxidation sites excluding steroid dienone is 1. The van der Waals surface area contributed by atoms with Crippen LogP contribution in [0.4, 0.5) is 24.5 Å². The minimum atomic E-state index is -3.28. The minimum absolute atomic E-state index is 0.0426. The molecule has 0 aliphatic heterocycles. The number of anilines is 2. The highest BCUT2D eigenvalue weighted by Gasteiger charge is 2.34. The Hall–Kier alpha value is -2.67. The first-order valence-corrected chi connectivity index (χ1v) is 16.7. The lowest BCUT2D eigenvalue weighted by Gasteiger charge is -2.30. The van der Waals surface area contributed by atoms with E-state index >= 15 is 0 Å². The van der Waals surface area contributed by atoms with Crippen molar-refractivity contribution < 1.29 is 18.0 Å². The molecular weight excluding hydrogens is 652 g/mol. The molecule has 0 heterocycles. The zero-order valence-electron chi connectivity index (χ0n) is 28.6. The second kappa shape index (κ2) is 17.5. The number of hydrogen-bond acceptors (Lipinski definition) is 2. The molecule has 3 nitrogen and oxygen atoms in total. The number of benzene rings is 3. The zero-order valence-corrected chi connectivity index (χ0v) is 30.8. The summed E-state index contributed by atoms with van der Waals surface area (Å²) >= 11 is 19.7. The maximum Gasteiger partial charge on any atom is 0.270 e. The summed E-state index contributed by atoms with van der Waals surface area (Å²) in [5, 5.41) is 6.10. The van der Waals surface area contributed by atoms with Gasteiger partial charge in [-0.1, -0.05) is 83.0 Å². The third-order valence-electron chi connectivity index (χ3n) is 6.79. The molecule has 0 bridgehead atoms. The highest BCUT2D eigenvalue weighted by atomic mass is 35.5. The second-order valence-electron chi connectivity index (χ2n) is 11.4. The molecule has 1 amide bonds. The molecule has 0 saturated carbocycles. The van der Waals surface area contributed by atoms with Gasteiger partial charge in [0, 0.05) is 29.4 Å². The number of carbonyl (C=O) groups excluding carboxylic acids is 1. The molecule has 3 rings (SSSR count). The fraction of sp³-hybridized carbons (Fsp3) is 0.432. The molecule has 9 heteroatoms. The monoisotopic (exact) mass is 698 g/mol. The van der Waals surface area contributed by atoms with Crippen LogP contribution in [0.15, 0.2) is 66.9 Å². The van der Waals surface area contributed by atoms with E-state index < -0.39 is 33.3 Å². The average molecular weight is 700 g/mol. The molecule has 3 aromatic rings. The molecule has 0 spiro atoms. The summed E-state index contributed by atoms with van der Waals surface area (Å²) in [4.78, 5) is 13.2. The third kappa shape index (κ3) is 11.8. The summed E-state index contributed by atoms with van der Waals surface area (Å²) in [7, 11) is 0. The van der Waals surface area contributed by atoms with Crippen LogP contribution in [-0.4, -0.2) is 10.2 Å². The van der Waals surface area contributed by atoms with Crippen LogP contribution in [-0.2, 0) is 18.0 Å². The van der Waals surface area contributed by atoms with Gasteiger partial charge in [-0.05, 0) is 87.2 Å². The molecule has 1 atom stereocenters. The van der Waals surface area contributed by atoms with Gasteiger partial charge >= 0.3 is 0 Å². The summed E-state index contributed by atoms with van der Waals surface area (Å²) in [5.74, 6) is -4.49. The lowest BCUT2D eigenvalue weighted by molar-refractivity contribution is 0.0171. The average Bonchev–Trinajstić information content (AvgIpc) is 2.95. The van der Waals surface area contributed by atoms with E-state index in [0.717, 1.165) is 36.1 Å². The van der Waals surface area contributed by atoms with Crippen LogP contribution in [0.5, 0.6) is 0 Å². The molecule has 254 valence electrons. The summed E-state index contributed by atoms with van der Waals surface area (Å²) in [6.45, 7) is 21.2. The highest BCUT2D eigenvalue weighted by Crippen LogP contribution is 2.43. The van der Waals surface area contributed by atoms with Gasteiger partial charge in [-0.15, -0.1) is 23.2 Å². The van der Waals surface area contributed by atoms with E-state index in [0.29, 0.717) is 18.3 Å². The van der Waals surface area contributed by atoms with Gasteiger partial charge in [0.2, 0.25) is 0 Å². The summed E-state index contributed by atoms with van der Waals surface area (Å²) in [6.07, 6.45) is 1.90. The van der Waals surface area contributed by atoms with Crippen molar-refractivity contribution in [3.05, 3.63) is 105 Å².